The summed E-state index contributed by atoms with van der Waals surface area (Å²) < 4.78 is 5.48. The van der Waals surface area contributed by atoms with Gasteiger partial charge in [-0.15, -0.1) is 0 Å². The van der Waals surface area contributed by atoms with Crippen molar-refractivity contribution in [2.45, 2.75) is 26.4 Å². The summed E-state index contributed by atoms with van der Waals surface area (Å²) in [5.41, 5.74) is 4.86. The molecule has 1 N–H and O–H groups in total. The third-order valence-corrected chi connectivity index (χ3v) is 4.58. The first kappa shape index (κ1) is 17.1. The van der Waals surface area contributed by atoms with Crippen LogP contribution in [0.4, 0.5) is 0 Å². The predicted octanol–water partition coefficient (Wildman–Crippen LogP) is 2.86. The van der Waals surface area contributed by atoms with Gasteiger partial charge in [0.15, 0.2) is 0 Å². The molecule has 1 aliphatic rings. The molecule has 3 rings (SSSR count). The van der Waals surface area contributed by atoms with E-state index in [9.17, 15) is 0 Å². The van der Waals surface area contributed by atoms with Crippen molar-refractivity contribution >= 4 is 0 Å². The van der Waals surface area contributed by atoms with E-state index in [-0.39, 0.29) is 0 Å². The van der Waals surface area contributed by atoms with Crippen LogP contribution < -0.4 is 5.32 Å². The van der Waals surface area contributed by atoms with E-state index in [0.29, 0.717) is 6.04 Å². The van der Waals surface area contributed by atoms with Crippen LogP contribution in [0.15, 0.2) is 42.5 Å². The molecule has 1 atom stereocenters. The Balaban J connectivity index is 1.72. The SMILES string of the molecule is Cc1cccc(CNC(CN2CCOCC2)c2ccccc2C)n1. The lowest BCUT2D eigenvalue weighted by molar-refractivity contribution is 0.0333. The molecule has 1 saturated heterocycles. The minimum absolute atomic E-state index is 0.298. The van der Waals surface area contributed by atoms with Crippen LogP contribution in [0, 0.1) is 13.8 Å². The lowest BCUT2D eigenvalue weighted by Gasteiger charge is -2.31. The highest BCUT2D eigenvalue weighted by Crippen LogP contribution is 2.20. The summed E-state index contributed by atoms with van der Waals surface area (Å²) in [6.07, 6.45) is 0. The van der Waals surface area contributed by atoms with Gasteiger partial charge in [-0.1, -0.05) is 30.3 Å². The molecule has 0 radical (unpaired) electrons. The Hall–Kier alpha value is -1.75. The lowest BCUT2D eigenvalue weighted by Crippen LogP contribution is -2.42. The molecule has 2 aromatic rings. The molecule has 24 heavy (non-hydrogen) atoms. The molecule has 4 nitrogen and oxygen atoms in total. The Labute approximate surface area is 144 Å². The van der Waals surface area contributed by atoms with Crippen molar-refractivity contribution in [3.8, 4) is 0 Å². The zero-order valence-electron chi connectivity index (χ0n) is 14.7. The van der Waals surface area contributed by atoms with E-state index in [1.54, 1.807) is 0 Å². The number of nitrogens with one attached hydrogen (secondary N) is 1. The molecule has 1 unspecified atom stereocenters. The summed E-state index contributed by atoms with van der Waals surface area (Å²) in [5.74, 6) is 0. The average molecular weight is 325 g/mol. The molecular formula is C20H27N3O. The summed E-state index contributed by atoms with van der Waals surface area (Å²) in [6, 6.07) is 15.1. The lowest BCUT2D eigenvalue weighted by atomic mass is 10.0. The van der Waals surface area contributed by atoms with Gasteiger partial charge in [-0.25, -0.2) is 0 Å². The van der Waals surface area contributed by atoms with E-state index in [0.717, 1.165) is 50.8 Å². The second-order valence-corrected chi connectivity index (χ2v) is 6.47. The molecule has 0 saturated carbocycles. The maximum atomic E-state index is 5.48. The van der Waals surface area contributed by atoms with Gasteiger partial charge >= 0.3 is 0 Å². The third-order valence-electron chi connectivity index (χ3n) is 4.58. The van der Waals surface area contributed by atoms with Gasteiger partial charge in [0.25, 0.3) is 0 Å². The standard InChI is InChI=1S/C20H27N3O/c1-16-6-3-4-9-19(16)20(15-23-10-12-24-13-11-23)21-14-18-8-5-7-17(2)22-18/h3-9,20-21H,10-15H2,1-2H3. The van der Waals surface area contributed by atoms with Crippen LogP contribution in [0.5, 0.6) is 0 Å². The third kappa shape index (κ3) is 4.63. The monoisotopic (exact) mass is 325 g/mol. The van der Waals surface area contributed by atoms with Gasteiger partial charge in [0.1, 0.15) is 0 Å². The number of aromatic nitrogens is 1. The Morgan fingerprint density at radius 3 is 2.62 bits per heavy atom. The summed E-state index contributed by atoms with van der Waals surface area (Å²) in [6.45, 7) is 9.69. The highest BCUT2D eigenvalue weighted by atomic mass is 16.5. The maximum absolute atomic E-state index is 5.48. The fourth-order valence-corrected chi connectivity index (χ4v) is 3.22. The Kier molecular flexibility index (Phi) is 5.96. The van der Waals surface area contributed by atoms with Crippen LogP contribution in [-0.4, -0.2) is 42.7 Å². The average Bonchev–Trinajstić information content (AvgIpc) is 2.60. The van der Waals surface area contributed by atoms with Crippen molar-refractivity contribution in [2.24, 2.45) is 0 Å². The number of rotatable bonds is 6. The molecule has 0 spiro atoms. The van der Waals surface area contributed by atoms with Crippen LogP contribution in [0.1, 0.15) is 28.6 Å². The Bertz CT molecular complexity index is 653. The van der Waals surface area contributed by atoms with E-state index in [1.807, 2.05) is 13.0 Å². The molecule has 1 aromatic carbocycles. The number of nitrogens with zero attached hydrogens (tertiary/aromatic N) is 2. The Morgan fingerprint density at radius 1 is 1.08 bits per heavy atom. The molecule has 0 aliphatic carbocycles. The molecule has 128 valence electrons. The van der Waals surface area contributed by atoms with Gasteiger partial charge in [0.2, 0.25) is 0 Å². The van der Waals surface area contributed by atoms with Crippen LogP contribution >= 0.6 is 0 Å². The topological polar surface area (TPSA) is 37.4 Å². The predicted molar refractivity (Wildman–Crippen MR) is 97.0 cm³/mol. The van der Waals surface area contributed by atoms with E-state index in [4.69, 9.17) is 4.74 Å². The first-order valence-corrected chi connectivity index (χ1v) is 8.74. The highest BCUT2D eigenvalue weighted by molar-refractivity contribution is 5.29. The first-order chi connectivity index (χ1) is 11.7. The zero-order valence-corrected chi connectivity index (χ0v) is 14.7. The maximum Gasteiger partial charge on any atom is 0.0594 e. The van der Waals surface area contributed by atoms with Crippen LogP contribution in [0.2, 0.25) is 0 Å². The minimum Gasteiger partial charge on any atom is -0.379 e. The van der Waals surface area contributed by atoms with Crippen LogP contribution in [-0.2, 0) is 11.3 Å². The molecule has 4 heteroatoms. The van der Waals surface area contributed by atoms with Gasteiger partial charge in [-0.2, -0.15) is 0 Å². The van der Waals surface area contributed by atoms with Gasteiger partial charge in [-0.05, 0) is 37.1 Å². The van der Waals surface area contributed by atoms with Crippen LogP contribution in [0.25, 0.3) is 0 Å². The fourth-order valence-electron chi connectivity index (χ4n) is 3.22. The molecule has 1 aliphatic heterocycles. The van der Waals surface area contributed by atoms with Crippen molar-refractivity contribution in [1.82, 2.24) is 15.2 Å². The van der Waals surface area contributed by atoms with Crippen molar-refractivity contribution in [2.75, 3.05) is 32.8 Å². The number of aryl methyl sites for hydroxylation is 2. The number of hydrogen-bond donors (Lipinski definition) is 1. The van der Waals surface area contributed by atoms with Gasteiger partial charge in [0, 0.05) is 37.9 Å². The van der Waals surface area contributed by atoms with E-state index in [1.165, 1.54) is 11.1 Å². The van der Waals surface area contributed by atoms with Gasteiger partial charge in [-0.3, -0.25) is 9.88 Å². The first-order valence-electron chi connectivity index (χ1n) is 8.74. The fraction of sp³-hybridized carbons (Fsp3) is 0.450. The highest BCUT2D eigenvalue weighted by Gasteiger charge is 2.19. The summed E-state index contributed by atoms with van der Waals surface area (Å²) in [4.78, 5) is 7.10. The number of hydrogen-bond acceptors (Lipinski definition) is 4. The number of benzene rings is 1. The summed E-state index contributed by atoms with van der Waals surface area (Å²) in [5, 5.41) is 3.72. The van der Waals surface area contributed by atoms with Crippen molar-refractivity contribution in [3.63, 3.8) is 0 Å². The zero-order chi connectivity index (χ0) is 16.8. The second-order valence-electron chi connectivity index (χ2n) is 6.47. The molecule has 1 aromatic heterocycles. The summed E-state index contributed by atoms with van der Waals surface area (Å²) >= 11 is 0. The molecular weight excluding hydrogens is 298 g/mol. The molecule has 2 heterocycles. The normalized spacial score (nSPS) is 16.9. The quantitative estimate of drug-likeness (QED) is 0.886. The molecule has 0 bridgehead atoms. The molecule has 1 fully saturated rings. The van der Waals surface area contributed by atoms with E-state index < -0.39 is 0 Å². The minimum atomic E-state index is 0.298. The van der Waals surface area contributed by atoms with E-state index in [2.05, 4.69) is 58.5 Å². The Morgan fingerprint density at radius 2 is 1.88 bits per heavy atom. The van der Waals surface area contributed by atoms with Crippen molar-refractivity contribution < 1.29 is 4.74 Å². The van der Waals surface area contributed by atoms with Crippen molar-refractivity contribution in [1.29, 1.82) is 0 Å². The number of pyridine rings is 1. The van der Waals surface area contributed by atoms with E-state index >= 15 is 0 Å². The largest absolute Gasteiger partial charge is 0.379 e. The van der Waals surface area contributed by atoms with Gasteiger partial charge < -0.3 is 10.1 Å². The summed E-state index contributed by atoms with van der Waals surface area (Å²) in [7, 11) is 0. The second kappa shape index (κ2) is 8.38. The number of morpholine rings is 1. The smallest absolute Gasteiger partial charge is 0.0594 e. The van der Waals surface area contributed by atoms with Crippen LogP contribution in [0.3, 0.4) is 0 Å². The number of ether oxygens (including phenoxy) is 1. The molecule has 0 amide bonds. The van der Waals surface area contributed by atoms with Gasteiger partial charge in [0.05, 0.1) is 18.9 Å². The van der Waals surface area contributed by atoms with Crippen molar-refractivity contribution in [3.05, 3.63) is 65.0 Å².